The number of halogens is 1. The SMILES string of the molecule is COc1ccccc1C(=O)N1CCCC[C@H]1c1ncc(Cc2ccc(Cl)cc2)o1. The molecule has 0 spiro atoms. The maximum Gasteiger partial charge on any atom is 0.258 e. The van der Waals surface area contributed by atoms with E-state index in [-0.39, 0.29) is 11.9 Å². The predicted octanol–water partition coefficient (Wildman–Crippen LogP) is 5.29. The van der Waals surface area contributed by atoms with Gasteiger partial charge in [0.25, 0.3) is 5.91 Å². The van der Waals surface area contributed by atoms with E-state index in [9.17, 15) is 4.79 Å². The maximum absolute atomic E-state index is 13.3. The number of para-hydroxylation sites is 1. The number of benzene rings is 2. The van der Waals surface area contributed by atoms with Crippen LogP contribution >= 0.6 is 11.6 Å². The second-order valence-corrected chi connectivity index (χ2v) is 7.61. The Morgan fingerprint density at radius 2 is 2.00 bits per heavy atom. The maximum atomic E-state index is 13.3. The van der Waals surface area contributed by atoms with E-state index >= 15 is 0 Å². The van der Waals surface area contributed by atoms with E-state index in [1.807, 2.05) is 47.4 Å². The summed E-state index contributed by atoms with van der Waals surface area (Å²) < 4.78 is 11.4. The molecule has 1 atom stereocenters. The third kappa shape index (κ3) is 4.30. The van der Waals surface area contributed by atoms with Gasteiger partial charge < -0.3 is 14.1 Å². The molecule has 5 nitrogen and oxygen atoms in total. The first-order valence-corrected chi connectivity index (χ1v) is 10.2. The van der Waals surface area contributed by atoms with Gasteiger partial charge in [-0.2, -0.15) is 0 Å². The molecule has 0 aliphatic carbocycles. The average Bonchev–Trinajstić information content (AvgIpc) is 3.23. The van der Waals surface area contributed by atoms with Gasteiger partial charge in [-0.05, 0) is 49.1 Å². The van der Waals surface area contributed by atoms with Gasteiger partial charge in [0.05, 0.1) is 18.9 Å². The van der Waals surface area contributed by atoms with E-state index in [1.54, 1.807) is 19.4 Å². The number of rotatable bonds is 5. The van der Waals surface area contributed by atoms with E-state index in [0.29, 0.717) is 35.2 Å². The summed E-state index contributed by atoms with van der Waals surface area (Å²) in [4.78, 5) is 19.6. The zero-order chi connectivity index (χ0) is 20.2. The number of carbonyl (C=O) groups excluding carboxylic acids is 1. The van der Waals surface area contributed by atoms with E-state index in [2.05, 4.69) is 4.98 Å². The second-order valence-electron chi connectivity index (χ2n) is 7.18. The minimum absolute atomic E-state index is 0.0513. The predicted molar refractivity (Wildman–Crippen MR) is 111 cm³/mol. The molecule has 2 heterocycles. The van der Waals surface area contributed by atoms with Crippen molar-refractivity contribution in [2.75, 3.05) is 13.7 Å². The van der Waals surface area contributed by atoms with Gasteiger partial charge in [-0.1, -0.05) is 35.9 Å². The summed E-state index contributed by atoms with van der Waals surface area (Å²) >= 11 is 5.96. The summed E-state index contributed by atoms with van der Waals surface area (Å²) in [5.74, 6) is 1.90. The second kappa shape index (κ2) is 8.70. The summed E-state index contributed by atoms with van der Waals surface area (Å²) in [6.07, 6.45) is 5.23. The van der Waals surface area contributed by atoms with Crippen LogP contribution in [0.3, 0.4) is 0 Å². The monoisotopic (exact) mass is 410 g/mol. The van der Waals surface area contributed by atoms with Crippen molar-refractivity contribution in [1.29, 1.82) is 0 Å². The zero-order valence-electron chi connectivity index (χ0n) is 16.3. The third-order valence-electron chi connectivity index (χ3n) is 5.25. The lowest BCUT2D eigenvalue weighted by Crippen LogP contribution is -2.38. The Labute approximate surface area is 175 Å². The number of aromatic nitrogens is 1. The Kier molecular flexibility index (Phi) is 5.86. The Morgan fingerprint density at radius 3 is 2.79 bits per heavy atom. The Bertz CT molecular complexity index is 984. The van der Waals surface area contributed by atoms with Gasteiger partial charge in [-0.15, -0.1) is 0 Å². The Hall–Kier alpha value is -2.79. The lowest BCUT2D eigenvalue weighted by molar-refractivity contribution is 0.0566. The van der Waals surface area contributed by atoms with Gasteiger partial charge in [-0.3, -0.25) is 4.79 Å². The van der Waals surface area contributed by atoms with Crippen molar-refractivity contribution in [2.24, 2.45) is 0 Å². The molecule has 29 heavy (non-hydrogen) atoms. The van der Waals surface area contributed by atoms with E-state index in [1.165, 1.54) is 0 Å². The first-order chi connectivity index (χ1) is 14.2. The lowest BCUT2D eigenvalue weighted by Gasteiger charge is -2.34. The van der Waals surface area contributed by atoms with E-state index in [0.717, 1.165) is 30.6 Å². The van der Waals surface area contributed by atoms with Crippen molar-refractivity contribution in [2.45, 2.75) is 31.7 Å². The van der Waals surface area contributed by atoms with Crippen molar-refractivity contribution in [3.8, 4) is 5.75 Å². The molecule has 0 saturated carbocycles. The standard InChI is InChI=1S/C23H23ClN2O3/c1-28-21-8-3-2-6-19(21)23(27)26-13-5-4-7-20(26)22-25-15-18(29-22)14-16-9-11-17(24)12-10-16/h2-3,6,8-12,15,20H,4-5,7,13-14H2,1H3/t20-/m0/s1. The van der Waals surface area contributed by atoms with Crippen LogP contribution in [-0.2, 0) is 6.42 Å². The highest BCUT2D eigenvalue weighted by atomic mass is 35.5. The van der Waals surface area contributed by atoms with Crippen LogP contribution in [0.15, 0.2) is 59.1 Å². The van der Waals surface area contributed by atoms with Crippen molar-refractivity contribution in [1.82, 2.24) is 9.88 Å². The smallest absolute Gasteiger partial charge is 0.258 e. The number of likely N-dealkylation sites (tertiary alicyclic amines) is 1. The summed E-state index contributed by atoms with van der Waals surface area (Å²) in [5.41, 5.74) is 1.66. The lowest BCUT2D eigenvalue weighted by atomic mass is 10.0. The van der Waals surface area contributed by atoms with Gasteiger partial charge in [0.1, 0.15) is 17.6 Å². The summed E-state index contributed by atoms with van der Waals surface area (Å²) in [6, 6.07) is 14.8. The number of carbonyl (C=O) groups is 1. The van der Waals surface area contributed by atoms with Crippen LogP contribution in [0.1, 0.15) is 52.9 Å². The Balaban J connectivity index is 1.55. The number of ether oxygens (including phenoxy) is 1. The molecule has 150 valence electrons. The topological polar surface area (TPSA) is 55.6 Å². The van der Waals surface area contributed by atoms with Crippen LogP contribution < -0.4 is 4.74 Å². The number of oxazole rings is 1. The largest absolute Gasteiger partial charge is 0.496 e. The molecule has 6 heteroatoms. The van der Waals surface area contributed by atoms with Gasteiger partial charge in [0, 0.05) is 18.0 Å². The normalized spacial score (nSPS) is 16.6. The molecule has 0 radical (unpaired) electrons. The van der Waals surface area contributed by atoms with E-state index < -0.39 is 0 Å². The minimum atomic E-state index is -0.167. The number of hydrogen-bond donors (Lipinski definition) is 0. The van der Waals surface area contributed by atoms with Gasteiger partial charge >= 0.3 is 0 Å². The van der Waals surface area contributed by atoms with E-state index in [4.69, 9.17) is 20.8 Å². The fourth-order valence-corrected chi connectivity index (χ4v) is 3.90. The molecule has 0 bridgehead atoms. The van der Waals surface area contributed by atoms with Crippen LogP contribution in [0.2, 0.25) is 5.02 Å². The molecule has 1 saturated heterocycles. The molecule has 1 amide bonds. The van der Waals surface area contributed by atoms with Crippen LogP contribution in [0.25, 0.3) is 0 Å². The molecule has 1 aromatic heterocycles. The first kappa shape index (κ1) is 19.5. The fourth-order valence-electron chi connectivity index (χ4n) is 3.77. The van der Waals surface area contributed by atoms with Crippen molar-refractivity contribution in [3.05, 3.63) is 82.5 Å². The van der Waals surface area contributed by atoms with Crippen LogP contribution in [0, 0.1) is 0 Å². The van der Waals surface area contributed by atoms with Gasteiger partial charge in [-0.25, -0.2) is 4.98 Å². The molecule has 2 aromatic carbocycles. The molecule has 3 aromatic rings. The van der Waals surface area contributed by atoms with Crippen LogP contribution in [-0.4, -0.2) is 29.4 Å². The first-order valence-electron chi connectivity index (χ1n) is 9.78. The summed E-state index contributed by atoms with van der Waals surface area (Å²) in [7, 11) is 1.58. The van der Waals surface area contributed by atoms with Crippen LogP contribution in [0.5, 0.6) is 5.75 Å². The molecule has 1 aliphatic rings. The van der Waals surface area contributed by atoms with Crippen LogP contribution in [0.4, 0.5) is 0 Å². The third-order valence-corrected chi connectivity index (χ3v) is 5.50. The Morgan fingerprint density at radius 1 is 1.21 bits per heavy atom. The average molecular weight is 411 g/mol. The fraction of sp³-hybridized carbons (Fsp3) is 0.304. The number of piperidine rings is 1. The van der Waals surface area contributed by atoms with Gasteiger partial charge in [0.15, 0.2) is 0 Å². The summed E-state index contributed by atoms with van der Waals surface area (Å²) in [5, 5.41) is 0.708. The summed E-state index contributed by atoms with van der Waals surface area (Å²) in [6.45, 7) is 0.677. The molecule has 0 unspecified atom stereocenters. The van der Waals surface area contributed by atoms with Crippen molar-refractivity contribution < 1.29 is 13.9 Å². The molecule has 0 N–H and O–H groups in total. The van der Waals surface area contributed by atoms with Crippen molar-refractivity contribution >= 4 is 17.5 Å². The number of methoxy groups -OCH3 is 1. The number of hydrogen-bond acceptors (Lipinski definition) is 4. The molecule has 1 aliphatic heterocycles. The number of amides is 1. The quantitative estimate of drug-likeness (QED) is 0.573. The molecular weight excluding hydrogens is 388 g/mol. The number of nitrogens with zero attached hydrogens (tertiary/aromatic N) is 2. The molecular formula is C23H23ClN2O3. The highest BCUT2D eigenvalue weighted by molar-refractivity contribution is 6.30. The molecule has 4 rings (SSSR count). The minimum Gasteiger partial charge on any atom is -0.496 e. The van der Waals surface area contributed by atoms with Gasteiger partial charge in [0.2, 0.25) is 5.89 Å². The molecule has 1 fully saturated rings. The highest BCUT2D eigenvalue weighted by Gasteiger charge is 2.33. The zero-order valence-corrected chi connectivity index (χ0v) is 17.1. The van der Waals surface area contributed by atoms with Crippen molar-refractivity contribution in [3.63, 3.8) is 0 Å². The highest BCUT2D eigenvalue weighted by Crippen LogP contribution is 2.33.